The summed E-state index contributed by atoms with van der Waals surface area (Å²) in [4.78, 5) is 2.32. The lowest BCUT2D eigenvalue weighted by Crippen LogP contribution is -2.51. The van der Waals surface area contributed by atoms with E-state index in [0.717, 1.165) is 37.0 Å². The van der Waals surface area contributed by atoms with Crippen molar-refractivity contribution in [1.82, 2.24) is 4.90 Å². The van der Waals surface area contributed by atoms with E-state index in [2.05, 4.69) is 16.2 Å². The predicted octanol–water partition coefficient (Wildman–Crippen LogP) is 4.91. The van der Waals surface area contributed by atoms with Gasteiger partial charge in [-0.2, -0.15) is 0 Å². The molecule has 6 fully saturated rings. The second kappa shape index (κ2) is 7.09. The Morgan fingerprint density at radius 1 is 1.14 bits per heavy atom. The SMILES string of the molecule is CCN1CC(c2ccc(C[C@@H]3C(C)(C)OC(C[C@@]45C[C@H]6C[C@@H]4C[C@@H]4CC46C5)=NS3(=O)=O)c(F)c2)C1. The van der Waals surface area contributed by atoms with E-state index in [1.54, 1.807) is 12.1 Å². The van der Waals surface area contributed by atoms with Gasteiger partial charge < -0.3 is 9.64 Å². The summed E-state index contributed by atoms with van der Waals surface area (Å²) >= 11 is 0. The zero-order valence-corrected chi connectivity index (χ0v) is 21.9. The molecule has 0 N–H and O–H groups in total. The number of benzene rings is 1. The molecule has 0 aromatic heterocycles. The first-order chi connectivity index (χ1) is 16.5. The summed E-state index contributed by atoms with van der Waals surface area (Å²) in [6.07, 6.45) is 7.19. The maximum atomic E-state index is 15.1. The number of hydrogen-bond donors (Lipinski definition) is 0. The first kappa shape index (κ1) is 22.7. The number of nitrogens with zero attached hydrogens (tertiary/aromatic N) is 2. The highest BCUT2D eigenvalue weighted by molar-refractivity contribution is 7.91. The van der Waals surface area contributed by atoms with E-state index < -0.39 is 20.9 Å². The van der Waals surface area contributed by atoms with Crippen LogP contribution in [0, 0.1) is 34.4 Å². The Hall–Kier alpha value is -1.47. The van der Waals surface area contributed by atoms with Gasteiger partial charge in [-0.05, 0) is 105 Å². The highest BCUT2D eigenvalue weighted by Gasteiger charge is 2.76. The molecule has 0 amide bonds. The van der Waals surface area contributed by atoms with Crippen LogP contribution in [0.2, 0.25) is 0 Å². The molecule has 1 saturated heterocycles. The average Bonchev–Trinajstić information content (AvgIpc) is 3.25. The van der Waals surface area contributed by atoms with Crippen molar-refractivity contribution in [2.24, 2.45) is 33.0 Å². The zero-order chi connectivity index (χ0) is 24.4. The molecule has 5 saturated carbocycles. The van der Waals surface area contributed by atoms with Crippen LogP contribution in [0.25, 0.3) is 0 Å². The van der Waals surface area contributed by atoms with Crippen molar-refractivity contribution in [1.29, 1.82) is 0 Å². The normalized spacial score (nSPS) is 42.3. The lowest BCUT2D eigenvalue weighted by molar-refractivity contribution is 0.0491. The van der Waals surface area contributed by atoms with E-state index in [-0.39, 0.29) is 17.7 Å². The van der Waals surface area contributed by atoms with Crippen LogP contribution in [0.3, 0.4) is 0 Å². The minimum absolute atomic E-state index is 0.0740. The van der Waals surface area contributed by atoms with Crippen LogP contribution in [0.15, 0.2) is 22.6 Å². The second-order valence-electron chi connectivity index (χ2n) is 13.2. The Balaban J connectivity index is 1.10. The number of likely N-dealkylation sites (tertiary alicyclic amines) is 1. The highest BCUT2D eigenvalue weighted by atomic mass is 32.2. The lowest BCUT2D eigenvalue weighted by Gasteiger charge is -2.45. The van der Waals surface area contributed by atoms with E-state index >= 15 is 4.39 Å². The van der Waals surface area contributed by atoms with Crippen LogP contribution >= 0.6 is 0 Å². The Morgan fingerprint density at radius 2 is 1.89 bits per heavy atom. The zero-order valence-electron chi connectivity index (χ0n) is 21.1. The molecule has 5 aliphatic carbocycles. The van der Waals surface area contributed by atoms with E-state index in [4.69, 9.17) is 4.74 Å². The minimum Gasteiger partial charge on any atom is -0.473 e. The predicted molar refractivity (Wildman–Crippen MR) is 133 cm³/mol. The quantitative estimate of drug-likeness (QED) is 0.557. The number of ether oxygens (including phenoxy) is 1. The van der Waals surface area contributed by atoms with Gasteiger partial charge >= 0.3 is 0 Å². The number of rotatable bonds is 6. The van der Waals surface area contributed by atoms with Gasteiger partial charge in [0.05, 0.1) is 0 Å². The molecule has 6 atom stereocenters. The van der Waals surface area contributed by atoms with Crippen LogP contribution in [0.1, 0.15) is 76.3 Å². The van der Waals surface area contributed by atoms with Crippen LogP contribution in [0.4, 0.5) is 4.39 Å². The summed E-state index contributed by atoms with van der Waals surface area (Å²) in [5, 5.41) is -0.904. The molecule has 190 valence electrons. The number of halogens is 1. The largest absolute Gasteiger partial charge is 0.473 e. The van der Waals surface area contributed by atoms with Gasteiger partial charge in [-0.15, -0.1) is 4.40 Å². The summed E-state index contributed by atoms with van der Waals surface area (Å²) in [6, 6.07) is 5.33. The monoisotopic (exact) mass is 500 g/mol. The second-order valence-corrected chi connectivity index (χ2v) is 15.0. The summed E-state index contributed by atoms with van der Waals surface area (Å²) < 4.78 is 52.6. The number of sulfonamides is 1. The fraction of sp³-hybridized carbons (Fsp3) is 0.750. The topological polar surface area (TPSA) is 59.0 Å². The van der Waals surface area contributed by atoms with Crippen LogP contribution in [0.5, 0.6) is 0 Å². The Labute approximate surface area is 208 Å². The first-order valence-electron chi connectivity index (χ1n) is 13.6. The van der Waals surface area contributed by atoms with E-state index in [9.17, 15) is 8.42 Å². The van der Waals surface area contributed by atoms with Gasteiger partial charge in [0.2, 0.25) is 5.90 Å². The molecule has 1 aromatic rings. The van der Waals surface area contributed by atoms with Gasteiger partial charge in [0.15, 0.2) is 0 Å². The van der Waals surface area contributed by atoms with Gasteiger partial charge in [-0.3, -0.25) is 0 Å². The van der Waals surface area contributed by atoms with Crippen molar-refractivity contribution < 1.29 is 17.5 Å². The average molecular weight is 501 g/mol. The third-order valence-electron chi connectivity index (χ3n) is 11.0. The molecule has 0 radical (unpaired) electrons. The molecule has 8 rings (SSSR count). The summed E-state index contributed by atoms with van der Waals surface area (Å²) in [6.45, 7) is 8.71. The fourth-order valence-corrected chi connectivity index (χ4v) is 10.8. The highest BCUT2D eigenvalue weighted by Crippen LogP contribution is 2.84. The molecule has 4 bridgehead atoms. The smallest absolute Gasteiger partial charge is 0.263 e. The molecule has 7 heteroatoms. The van der Waals surface area contributed by atoms with Gasteiger partial charge in [-0.1, -0.05) is 19.1 Å². The van der Waals surface area contributed by atoms with Crippen molar-refractivity contribution in [3.05, 3.63) is 35.1 Å². The van der Waals surface area contributed by atoms with Crippen LogP contribution in [-0.4, -0.2) is 49.7 Å². The Kier molecular flexibility index (Phi) is 4.60. The van der Waals surface area contributed by atoms with Gasteiger partial charge in [0.25, 0.3) is 10.0 Å². The molecule has 2 aliphatic heterocycles. The molecule has 1 aromatic carbocycles. The van der Waals surface area contributed by atoms with E-state index in [1.165, 1.54) is 32.1 Å². The minimum atomic E-state index is -3.82. The number of likely N-dealkylation sites (N-methyl/N-ethyl adjacent to an activating group) is 1. The Bertz CT molecular complexity index is 1220. The number of hydrogen-bond acceptors (Lipinski definition) is 4. The molecule has 1 spiro atoms. The standard InChI is InChI=1S/C28H37FN2O3S/c1-4-31-14-19(15-31)17-5-6-18(23(29)7-17)8-24-26(2,3)34-25(30-35(24,32)33)13-27-11-21-9-20(27)10-22-12-28(21,22)16-27/h5-7,19-22,24H,4,8-16H2,1-3H3/t20-,21-,22-,24-,27-,28?/m1/s1. The molecule has 2 heterocycles. The summed E-state index contributed by atoms with van der Waals surface area (Å²) in [5.41, 5.74) is 1.22. The third kappa shape index (κ3) is 3.25. The summed E-state index contributed by atoms with van der Waals surface area (Å²) in [7, 11) is -3.82. The molecule has 7 aliphatic rings. The Morgan fingerprint density at radius 3 is 2.54 bits per heavy atom. The van der Waals surface area contributed by atoms with E-state index in [0.29, 0.717) is 35.1 Å². The molecular formula is C28H37FN2O3S. The van der Waals surface area contributed by atoms with Crippen LogP contribution < -0.4 is 0 Å². The van der Waals surface area contributed by atoms with Crippen molar-refractivity contribution in [2.75, 3.05) is 19.6 Å². The fourth-order valence-electron chi connectivity index (χ4n) is 9.09. The summed E-state index contributed by atoms with van der Waals surface area (Å²) in [5.74, 6) is 2.89. The van der Waals surface area contributed by atoms with Crippen molar-refractivity contribution in [2.45, 2.75) is 82.5 Å². The van der Waals surface area contributed by atoms with Crippen molar-refractivity contribution in [3.8, 4) is 0 Å². The van der Waals surface area contributed by atoms with Crippen molar-refractivity contribution in [3.63, 3.8) is 0 Å². The molecule has 5 nitrogen and oxygen atoms in total. The van der Waals surface area contributed by atoms with Crippen molar-refractivity contribution >= 4 is 15.9 Å². The molecule has 35 heavy (non-hydrogen) atoms. The lowest BCUT2D eigenvalue weighted by atomic mass is 9.62. The van der Waals surface area contributed by atoms with Gasteiger partial charge in [-0.25, -0.2) is 12.8 Å². The van der Waals surface area contributed by atoms with E-state index in [1.807, 2.05) is 19.9 Å². The maximum absolute atomic E-state index is 15.1. The first-order valence-corrected chi connectivity index (χ1v) is 15.1. The van der Waals surface area contributed by atoms with Gasteiger partial charge in [0.1, 0.15) is 16.7 Å². The molecule has 1 unspecified atom stereocenters. The third-order valence-corrected chi connectivity index (χ3v) is 12.9. The van der Waals surface area contributed by atoms with Crippen LogP contribution in [-0.2, 0) is 21.2 Å². The maximum Gasteiger partial charge on any atom is 0.263 e. The van der Waals surface area contributed by atoms with Gasteiger partial charge in [0, 0.05) is 25.4 Å². The molecular weight excluding hydrogens is 463 g/mol.